The molecule has 0 bridgehead atoms. The van der Waals surface area contributed by atoms with E-state index in [1.807, 2.05) is 42.5 Å². The second kappa shape index (κ2) is 4.12. The molecule has 0 atom stereocenters. The van der Waals surface area contributed by atoms with Gasteiger partial charge in [-0.3, -0.25) is 4.79 Å². The van der Waals surface area contributed by atoms with Crippen LogP contribution in [0.2, 0.25) is 0 Å². The van der Waals surface area contributed by atoms with Crippen molar-refractivity contribution in [3.8, 4) is 6.07 Å². The number of ketones is 1. The van der Waals surface area contributed by atoms with E-state index in [1.54, 1.807) is 0 Å². The van der Waals surface area contributed by atoms with Gasteiger partial charge in [0.2, 0.25) is 0 Å². The first kappa shape index (κ1) is 10.7. The molecule has 2 heteroatoms. The van der Waals surface area contributed by atoms with Crippen molar-refractivity contribution >= 4 is 5.78 Å². The summed E-state index contributed by atoms with van der Waals surface area (Å²) >= 11 is 0. The molecule has 0 unspecified atom stereocenters. The SMILES string of the molecule is N#Cc1ccc2c(c1)CC(=O)c1ccccc1C2. The van der Waals surface area contributed by atoms with E-state index in [9.17, 15) is 4.79 Å². The van der Waals surface area contributed by atoms with Crippen LogP contribution in [0.4, 0.5) is 0 Å². The zero-order chi connectivity index (χ0) is 12.5. The Kier molecular flexibility index (Phi) is 2.46. The van der Waals surface area contributed by atoms with Crippen LogP contribution in [0.1, 0.15) is 32.6 Å². The van der Waals surface area contributed by atoms with E-state index in [1.165, 1.54) is 0 Å². The van der Waals surface area contributed by atoms with E-state index in [4.69, 9.17) is 5.26 Å². The normalized spacial score (nSPS) is 13.2. The van der Waals surface area contributed by atoms with Gasteiger partial charge in [0.05, 0.1) is 11.6 Å². The molecule has 0 heterocycles. The molecular weight excluding hydrogens is 222 g/mol. The molecule has 86 valence electrons. The first-order valence-electron chi connectivity index (χ1n) is 5.91. The topological polar surface area (TPSA) is 40.9 Å². The van der Waals surface area contributed by atoms with Crippen LogP contribution in [-0.4, -0.2) is 5.78 Å². The van der Waals surface area contributed by atoms with Crippen molar-refractivity contribution in [2.45, 2.75) is 12.8 Å². The molecule has 3 rings (SSSR count). The summed E-state index contributed by atoms with van der Waals surface area (Å²) in [5.74, 6) is 0.138. The minimum atomic E-state index is 0.138. The van der Waals surface area contributed by atoms with E-state index in [2.05, 4.69) is 6.07 Å². The highest BCUT2D eigenvalue weighted by molar-refractivity contribution is 5.99. The maximum Gasteiger partial charge on any atom is 0.167 e. The van der Waals surface area contributed by atoms with Crippen LogP contribution in [0, 0.1) is 11.3 Å². The van der Waals surface area contributed by atoms with Crippen molar-refractivity contribution in [3.63, 3.8) is 0 Å². The average molecular weight is 233 g/mol. The zero-order valence-electron chi connectivity index (χ0n) is 9.81. The van der Waals surface area contributed by atoms with Gasteiger partial charge >= 0.3 is 0 Å². The van der Waals surface area contributed by atoms with Gasteiger partial charge in [0.15, 0.2) is 5.78 Å². The van der Waals surface area contributed by atoms with Crippen molar-refractivity contribution in [1.82, 2.24) is 0 Å². The number of carbonyl (C=O) groups is 1. The molecule has 0 saturated heterocycles. The van der Waals surface area contributed by atoms with Crippen LogP contribution in [0.25, 0.3) is 0 Å². The lowest BCUT2D eigenvalue weighted by atomic mass is 9.99. The fourth-order valence-electron chi connectivity index (χ4n) is 2.45. The summed E-state index contributed by atoms with van der Waals surface area (Å²) in [7, 11) is 0. The number of Topliss-reactive ketones (excluding diaryl/α,β-unsaturated/α-hetero) is 1. The van der Waals surface area contributed by atoms with Gasteiger partial charge in [-0.1, -0.05) is 30.3 Å². The Labute approximate surface area is 105 Å². The summed E-state index contributed by atoms with van der Waals surface area (Å²) in [4.78, 5) is 12.2. The molecule has 0 radical (unpaired) electrons. The van der Waals surface area contributed by atoms with Crippen LogP contribution in [-0.2, 0) is 12.8 Å². The Morgan fingerprint density at radius 1 is 0.944 bits per heavy atom. The third-order valence-electron chi connectivity index (χ3n) is 3.39. The summed E-state index contributed by atoms with van der Waals surface area (Å²) in [5.41, 5.74) is 4.63. The van der Waals surface area contributed by atoms with Gasteiger partial charge in [-0.25, -0.2) is 0 Å². The second-order valence-corrected chi connectivity index (χ2v) is 4.53. The van der Waals surface area contributed by atoms with Crippen molar-refractivity contribution in [2.24, 2.45) is 0 Å². The summed E-state index contributed by atoms with van der Waals surface area (Å²) in [5, 5.41) is 8.91. The summed E-state index contributed by atoms with van der Waals surface area (Å²) in [6.45, 7) is 0. The van der Waals surface area contributed by atoms with Gasteiger partial charge in [0.1, 0.15) is 0 Å². The predicted octanol–water partition coefficient (Wildman–Crippen LogP) is 2.89. The van der Waals surface area contributed by atoms with E-state index < -0.39 is 0 Å². The Bertz CT molecular complexity index is 680. The number of hydrogen-bond acceptors (Lipinski definition) is 2. The Hall–Kier alpha value is -2.40. The minimum absolute atomic E-state index is 0.138. The monoisotopic (exact) mass is 233 g/mol. The zero-order valence-corrected chi connectivity index (χ0v) is 9.81. The molecule has 0 amide bonds. The molecule has 1 aliphatic rings. The predicted molar refractivity (Wildman–Crippen MR) is 68.4 cm³/mol. The second-order valence-electron chi connectivity index (χ2n) is 4.53. The van der Waals surface area contributed by atoms with Gasteiger partial charge < -0.3 is 0 Å². The largest absolute Gasteiger partial charge is 0.294 e. The van der Waals surface area contributed by atoms with E-state index in [0.717, 1.165) is 28.7 Å². The number of carbonyl (C=O) groups excluding carboxylic acids is 1. The molecule has 2 aromatic carbocycles. The molecule has 2 nitrogen and oxygen atoms in total. The van der Waals surface area contributed by atoms with Gasteiger partial charge in [-0.05, 0) is 35.2 Å². The number of nitrogens with zero attached hydrogens (tertiary/aromatic N) is 1. The third-order valence-corrected chi connectivity index (χ3v) is 3.39. The van der Waals surface area contributed by atoms with Crippen LogP contribution in [0.5, 0.6) is 0 Å². The lowest BCUT2D eigenvalue weighted by Crippen LogP contribution is -2.03. The molecule has 0 aliphatic heterocycles. The first-order valence-corrected chi connectivity index (χ1v) is 5.91. The molecule has 2 aromatic rings. The molecule has 0 saturated carbocycles. The summed E-state index contributed by atoms with van der Waals surface area (Å²) in [6.07, 6.45) is 1.16. The van der Waals surface area contributed by atoms with E-state index >= 15 is 0 Å². The van der Waals surface area contributed by atoms with E-state index in [-0.39, 0.29) is 5.78 Å². The minimum Gasteiger partial charge on any atom is -0.294 e. The van der Waals surface area contributed by atoms with Crippen molar-refractivity contribution in [3.05, 3.63) is 70.3 Å². The number of rotatable bonds is 0. The number of fused-ring (bicyclic) bond motifs is 2. The number of hydrogen-bond donors (Lipinski definition) is 0. The van der Waals surface area contributed by atoms with Gasteiger partial charge in [0, 0.05) is 12.0 Å². The van der Waals surface area contributed by atoms with Crippen LogP contribution in [0.15, 0.2) is 42.5 Å². The fourth-order valence-corrected chi connectivity index (χ4v) is 2.45. The lowest BCUT2D eigenvalue weighted by molar-refractivity contribution is 0.0993. The molecule has 0 N–H and O–H groups in total. The molecule has 1 aliphatic carbocycles. The smallest absolute Gasteiger partial charge is 0.167 e. The molecule has 0 fully saturated rings. The van der Waals surface area contributed by atoms with Crippen LogP contribution >= 0.6 is 0 Å². The third kappa shape index (κ3) is 1.70. The summed E-state index contributed by atoms with van der Waals surface area (Å²) < 4.78 is 0. The number of benzene rings is 2. The standard InChI is InChI=1S/C16H11NO/c17-10-11-5-6-12-8-13-3-1-2-4-15(13)16(18)9-14(12)7-11/h1-7H,8-9H2. The van der Waals surface area contributed by atoms with Gasteiger partial charge in [-0.2, -0.15) is 5.26 Å². The quantitative estimate of drug-likeness (QED) is 0.702. The number of nitriles is 1. The lowest BCUT2D eigenvalue weighted by Gasteiger charge is -2.05. The first-order chi connectivity index (χ1) is 8.78. The average Bonchev–Trinajstić information content (AvgIpc) is 2.54. The Balaban J connectivity index is 2.15. The van der Waals surface area contributed by atoms with Crippen molar-refractivity contribution < 1.29 is 4.79 Å². The van der Waals surface area contributed by atoms with E-state index in [0.29, 0.717) is 12.0 Å². The van der Waals surface area contributed by atoms with Crippen LogP contribution < -0.4 is 0 Å². The molecule has 18 heavy (non-hydrogen) atoms. The summed E-state index contributed by atoms with van der Waals surface area (Å²) in [6, 6.07) is 15.5. The highest BCUT2D eigenvalue weighted by atomic mass is 16.1. The van der Waals surface area contributed by atoms with Gasteiger partial charge in [0.25, 0.3) is 0 Å². The molecule has 0 aromatic heterocycles. The van der Waals surface area contributed by atoms with Gasteiger partial charge in [-0.15, -0.1) is 0 Å². The Morgan fingerprint density at radius 2 is 1.78 bits per heavy atom. The van der Waals surface area contributed by atoms with Crippen molar-refractivity contribution in [1.29, 1.82) is 5.26 Å². The molecule has 0 spiro atoms. The highest BCUT2D eigenvalue weighted by Gasteiger charge is 2.19. The highest BCUT2D eigenvalue weighted by Crippen LogP contribution is 2.24. The van der Waals surface area contributed by atoms with Crippen LogP contribution in [0.3, 0.4) is 0 Å². The van der Waals surface area contributed by atoms with Crippen molar-refractivity contribution in [2.75, 3.05) is 0 Å². The maximum atomic E-state index is 12.2. The maximum absolute atomic E-state index is 12.2. The molecular formula is C16H11NO. The Morgan fingerprint density at radius 3 is 2.61 bits per heavy atom. The fraction of sp³-hybridized carbons (Fsp3) is 0.125.